The summed E-state index contributed by atoms with van der Waals surface area (Å²) >= 11 is 0. The Labute approximate surface area is 209 Å². The molecule has 0 aliphatic heterocycles. The molecule has 0 aliphatic rings. The fourth-order valence-electron chi connectivity index (χ4n) is 3.51. The molecule has 0 aliphatic carbocycles. The van der Waals surface area contributed by atoms with Crippen molar-refractivity contribution in [3.63, 3.8) is 0 Å². The number of hydrogen-bond donors (Lipinski definition) is 3. The second kappa shape index (κ2) is 11.0. The zero-order valence-corrected chi connectivity index (χ0v) is 20.8. The Kier molecular flexibility index (Phi) is 7.65. The van der Waals surface area contributed by atoms with E-state index < -0.39 is 0 Å². The summed E-state index contributed by atoms with van der Waals surface area (Å²) < 4.78 is 16.8. The van der Waals surface area contributed by atoms with Crippen molar-refractivity contribution < 1.29 is 19.0 Å². The Morgan fingerprint density at radius 3 is 2.64 bits per heavy atom. The lowest BCUT2D eigenvalue weighted by atomic mass is 10.1. The van der Waals surface area contributed by atoms with E-state index in [1.54, 1.807) is 25.6 Å². The summed E-state index contributed by atoms with van der Waals surface area (Å²) in [4.78, 5) is 21.8. The molecule has 0 spiro atoms. The number of carbonyl (C=O) groups excluding carboxylic acids is 1. The van der Waals surface area contributed by atoms with Gasteiger partial charge in [-0.15, -0.1) is 0 Å². The molecule has 0 bridgehead atoms. The van der Waals surface area contributed by atoms with Crippen LogP contribution < -0.4 is 20.1 Å². The van der Waals surface area contributed by atoms with E-state index in [1.807, 2.05) is 57.2 Å². The van der Waals surface area contributed by atoms with E-state index in [0.29, 0.717) is 41.9 Å². The van der Waals surface area contributed by atoms with Crippen LogP contribution >= 0.6 is 0 Å². The average molecular weight is 491 g/mol. The minimum Gasteiger partial charge on any atom is -0.490 e. The van der Waals surface area contributed by atoms with Crippen molar-refractivity contribution in [2.75, 3.05) is 32.2 Å². The normalized spacial score (nSPS) is 11.3. The maximum atomic E-state index is 12.2. The summed E-state index contributed by atoms with van der Waals surface area (Å²) in [5.74, 6) is 2.06. The number of H-pyrrole nitrogens is 1. The first kappa shape index (κ1) is 24.9. The van der Waals surface area contributed by atoms with E-state index in [4.69, 9.17) is 24.2 Å². The van der Waals surface area contributed by atoms with Crippen molar-refractivity contribution in [2.24, 2.45) is 0 Å². The van der Waals surface area contributed by atoms with Crippen LogP contribution in [-0.2, 0) is 9.53 Å². The van der Waals surface area contributed by atoms with Gasteiger partial charge in [0.1, 0.15) is 23.9 Å². The molecule has 0 unspecified atom stereocenters. The predicted molar refractivity (Wildman–Crippen MR) is 138 cm³/mol. The Hall–Kier alpha value is -4.18. The molecule has 3 N–H and O–H groups in total. The predicted octanol–water partition coefficient (Wildman–Crippen LogP) is 4.08. The van der Waals surface area contributed by atoms with Gasteiger partial charge in [-0.05, 0) is 45.0 Å². The van der Waals surface area contributed by atoms with Gasteiger partial charge in [0.05, 0.1) is 29.4 Å². The Bertz CT molecular complexity index is 1320. The van der Waals surface area contributed by atoms with Crippen molar-refractivity contribution in [3.8, 4) is 22.9 Å². The second-order valence-electron chi connectivity index (χ2n) is 9.11. The van der Waals surface area contributed by atoms with Gasteiger partial charge in [0.25, 0.3) is 5.91 Å². The minimum absolute atomic E-state index is 0.0885. The number of aromatic nitrogens is 4. The largest absolute Gasteiger partial charge is 0.490 e. The number of ether oxygens (including phenoxy) is 3. The summed E-state index contributed by atoms with van der Waals surface area (Å²) in [5, 5.41) is 13.7. The smallest absolute Gasteiger partial charge is 0.258 e. The van der Waals surface area contributed by atoms with Crippen molar-refractivity contribution >= 4 is 28.3 Å². The molecule has 0 saturated carbocycles. The van der Waals surface area contributed by atoms with Gasteiger partial charge in [0.15, 0.2) is 12.4 Å². The molecule has 2 aromatic carbocycles. The molecular weight excluding hydrogens is 460 g/mol. The topological polar surface area (TPSA) is 123 Å². The lowest BCUT2D eigenvalue weighted by molar-refractivity contribution is -0.124. The number of benzene rings is 2. The van der Waals surface area contributed by atoms with E-state index in [0.717, 1.165) is 16.6 Å². The van der Waals surface area contributed by atoms with Gasteiger partial charge in [-0.25, -0.2) is 9.97 Å². The van der Waals surface area contributed by atoms with Crippen molar-refractivity contribution in [1.82, 2.24) is 25.5 Å². The molecule has 10 nitrogen and oxygen atoms in total. The van der Waals surface area contributed by atoms with Crippen LogP contribution in [0.2, 0.25) is 0 Å². The van der Waals surface area contributed by atoms with Gasteiger partial charge in [-0.2, -0.15) is 5.10 Å². The highest BCUT2D eigenvalue weighted by molar-refractivity contribution is 5.97. The number of amides is 1. The summed E-state index contributed by atoms with van der Waals surface area (Å²) in [6.45, 7) is 6.53. The van der Waals surface area contributed by atoms with Crippen molar-refractivity contribution in [2.45, 2.75) is 26.3 Å². The van der Waals surface area contributed by atoms with Crippen LogP contribution in [0.3, 0.4) is 0 Å². The quantitative estimate of drug-likeness (QED) is 0.284. The molecule has 0 saturated heterocycles. The second-order valence-corrected chi connectivity index (χ2v) is 9.11. The van der Waals surface area contributed by atoms with E-state index in [1.165, 1.54) is 0 Å². The monoisotopic (exact) mass is 490 g/mol. The molecule has 0 atom stereocenters. The zero-order chi connectivity index (χ0) is 25.5. The van der Waals surface area contributed by atoms with Crippen LogP contribution in [0, 0.1) is 0 Å². The van der Waals surface area contributed by atoms with E-state index in [9.17, 15) is 4.79 Å². The van der Waals surface area contributed by atoms with E-state index in [2.05, 4.69) is 20.8 Å². The summed E-state index contributed by atoms with van der Waals surface area (Å²) in [5.41, 5.74) is 1.86. The van der Waals surface area contributed by atoms with Crippen LogP contribution in [0.25, 0.3) is 22.3 Å². The molecule has 4 rings (SSSR count). The first-order chi connectivity index (χ1) is 17.3. The van der Waals surface area contributed by atoms with Crippen molar-refractivity contribution in [1.29, 1.82) is 0 Å². The first-order valence-corrected chi connectivity index (χ1v) is 11.5. The Morgan fingerprint density at radius 2 is 1.89 bits per heavy atom. The van der Waals surface area contributed by atoms with Crippen LogP contribution in [0.1, 0.15) is 20.8 Å². The zero-order valence-electron chi connectivity index (χ0n) is 20.8. The number of nitrogens with one attached hydrogen (secondary N) is 3. The highest BCUT2D eigenvalue weighted by Crippen LogP contribution is 2.34. The SMILES string of the molecule is COCCOc1cccc2nc(-c3cccc(OCC(=O)NC(C)(C)C)c3)nc(Nc3cn[nH]c3)c12. The maximum absolute atomic E-state index is 12.2. The first-order valence-electron chi connectivity index (χ1n) is 11.5. The maximum Gasteiger partial charge on any atom is 0.258 e. The van der Waals surface area contributed by atoms with E-state index >= 15 is 0 Å². The third kappa shape index (κ3) is 6.48. The Balaban J connectivity index is 1.67. The van der Waals surface area contributed by atoms with Crippen molar-refractivity contribution in [3.05, 3.63) is 54.9 Å². The number of anilines is 2. The molecule has 2 aromatic heterocycles. The average Bonchev–Trinajstić information content (AvgIpc) is 3.35. The summed E-state index contributed by atoms with van der Waals surface area (Å²) in [6.07, 6.45) is 3.40. The van der Waals surface area contributed by atoms with E-state index in [-0.39, 0.29) is 18.1 Å². The summed E-state index contributed by atoms with van der Waals surface area (Å²) in [6, 6.07) is 13.0. The molecule has 0 radical (unpaired) electrons. The number of aromatic amines is 1. The van der Waals surface area contributed by atoms with Gasteiger partial charge in [-0.1, -0.05) is 18.2 Å². The fourth-order valence-corrected chi connectivity index (χ4v) is 3.51. The summed E-state index contributed by atoms with van der Waals surface area (Å²) in [7, 11) is 1.63. The number of hydrogen-bond acceptors (Lipinski definition) is 8. The molecule has 2 heterocycles. The van der Waals surface area contributed by atoms with Gasteiger partial charge < -0.3 is 24.8 Å². The number of fused-ring (bicyclic) bond motifs is 1. The highest BCUT2D eigenvalue weighted by Gasteiger charge is 2.16. The third-order valence-electron chi connectivity index (χ3n) is 4.97. The van der Waals surface area contributed by atoms with Crippen LogP contribution in [0.4, 0.5) is 11.5 Å². The lowest BCUT2D eigenvalue weighted by Crippen LogP contribution is -2.43. The third-order valence-corrected chi connectivity index (χ3v) is 4.97. The molecule has 188 valence electrons. The molecule has 10 heteroatoms. The molecule has 4 aromatic rings. The van der Waals surface area contributed by atoms with Gasteiger partial charge in [0.2, 0.25) is 0 Å². The lowest BCUT2D eigenvalue weighted by Gasteiger charge is -2.20. The number of carbonyl (C=O) groups is 1. The molecular formula is C26H30N6O4. The number of rotatable bonds is 10. The van der Waals surface area contributed by atoms with Crippen LogP contribution in [0.15, 0.2) is 54.9 Å². The van der Waals surface area contributed by atoms with Gasteiger partial charge >= 0.3 is 0 Å². The van der Waals surface area contributed by atoms with Gasteiger partial charge in [0, 0.05) is 24.4 Å². The van der Waals surface area contributed by atoms with Crippen LogP contribution in [0.5, 0.6) is 11.5 Å². The molecule has 0 fully saturated rings. The number of nitrogens with zero attached hydrogens (tertiary/aromatic N) is 3. The standard InChI is InChI=1S/C26H30N6O4/c1-26(2,3)32-22(33)16-36-19-8-5-7-17(13-19)24-30-20-9-6-10-21(35-12-11-34-4)23(20)25(31-24)29-18-14-27-28-15-18/h5-10,13-15H,11-12,16H2,1-4H3,(H,27,28)(H,32,33)(H,29,30,31). The Morgan fingerprint density at radius 1 is 1.06 bits per heavy atom. The fraction of sp³-hybridized carbons (Fsp3) is 0.308. The highest BCUT2D eigenvalue weighted by atomic mass is 16.5. The molecule has 36 heavy (non-hydrogen) atoms. The molecule has 1 amide bonds. The minimum atomic E-state index is -0.328. The van der Waals surface area contributed by atoms with Gasteiger partial charge in [-0.3, -0.25) is 9.89 Å². The number of methoxy groups -OCH3 is 1. The van der Waals surface area contributed by atoms with Crippen LogP contribution in [-0.4, -0.2) is 58.5 Å².